The van der Waals surface area contributed by atoms with Crippen molar-refractivity contribution in [2.75, 3.05) is 26.6 Å². The van der Waals surface area contributed by atoms with Crippen LogP contribution in [0.3, 0.4) is 0 Å². The van der Waals surface area contributed by atoms with E-state index in [4.69, 9.17) is 14.2 Å². The molecule has 0 aliphatic rings. The summed E-state index contributed by atoms with van der Waals surface area (Å²) in [4.78, 5) is 12.4. The number of aryl methyl sites for hydroxylation is 2. The van der Waals surface area contributed by atoms with Gasteiger partial charge in [-0.25, -0.2) is 0 Å². The maximum atomic E-state index is 12.4. The van der Waals surface area contributed by atoms with E-state index in [1.165, 1.54) is 0 Å². The molecule has 1 amide bonds. The normalized spacial score (nSPS) is 10.7. The van der Waals surface area contributed by atoms with E-state index in [-0.39, 0.29) is 5.91 Å². The van der Waals surface area contributed by atoms with Crippen molar-refractivity contribution in [3.05, 3.63) is 48.2 Å². The molecule has 1 aromatic heterocycles. The number of aromatic nitrogens is 1. The molecule has 0 radical (unpaired) electrons. The van der Waals surface area contributed by atoms with Crippen LogP contribution in [0.5, 0.6) is 17.2 Å². The van der Waals surface area contributed by atoms with Gasteiger partial charge in [0.15, 0.2) is 11.5 Å². The maximum absolute atomic E-state index is 12.4. The Morgan fingerprint density at radius 2 is 1.70 bits per heavy atom. The van der Waals surface area contributed by atoms with Crippen molar-refractivity contribution in [1.29, 1.82) is 0 Å². The van der Waals surface area contributed by atoms with Gasteiger partial charge in [0.05, 0.1) is 21.3 Å². The van der Waals surface area contributed by atoms with E-state index in [1.54, 1.807) is 21.3 Å². The molecule has 3 aromatic rings. The predicted molar refractivity (Wildman–Crippen MR) is 106 cm³/mol. The molecular weight excluding hydrogens is 344 g/mol. The summed E-state index contributed by atoms with van der Waals surface area (Å²) in [5, 5.41) is 4.11. The first-order valence-electron chi connectivity index (χ1n) is 8.69. The highest BCUT2D eigenvalue weighted by Gasteiger charge is 2.14. The second-order valence-electron chi connectivity index (χ2n) is 6.28. The molecule has 1 heterocycles. The lowest BCUT2D eigenvalue weighted by atomic mass is 10.1. The summed E-state index contributed by atoms with van der Waals surface area (Å²) in [5.41, 5.74) is 2.81. The van der Waals surface area contributed by atoms with Crippen LogP contribution >= 0.6 is 0 Å². The average Bonchev–Trinajstić information content (AvgIpc) is 3.05. The predicted octanol–water partition coefficient (Wildman–Crippen LogP) is 3.78. The van der Waals surface area contributed by atoms with Crippen molar-refractivity contribution in [3.63, 3.8) is 0 Å². The van der Waals surface area contributed by atoms with Crippen molar-refractivity contribution in [2.45, 2.75) is 12.8 Å². The Hall–Kier alpha value is -3.15. The molecule has 0 saturated carbocycles. The minimum atomic E-state index is -0.0442. The van der Waals surface area contributed by atoms with Gasteiger partial charge in [-0.15, -0.1) is 0 Å². The monoisotopic (exact) mass is 368 g/mol. The number of anilines is 1. The van der Waals surface area contributed by atoms with Crippen LogP contribution in [0.2, 0.25) is 0 Å². The number of methoxy groups -OCH3 is 3. The number of benzene rings is 2. The van der Waals surface area contributed by atoms with Crippen molar-refractivity contribution in [2.24, 2.45) is 7.05 Å². The van der Waals surface area contributed by atoms with Gasteiger partial charge in [0.2, 0.25) is 11.7 Å². The van der Waals surface area contributed by atoms with E-state index in [1.807, 2.05) is 54.2 Å². The number of nitrogens with zero attached hydrogens (tertiary/aromatic N) is 1. The van der Waals surface area contributed by atoms with Gasteiger partial charge in [-0.3, -0.25) is 4.79 Å². The second-order valence-corrected chi connectivity index (χ2v) is 6.28. The third-order valence-electron chi connectivity index (χ3n) is 4.54. The van der Waals surface area contributed by atoms with E-state index < -0.39 is 0 Å². The van der Waals surface area contributed by atoms with Gasteiger partial charge >= 0.3 is 0 Å². The first-order valence-corrected chi connectivity index (χ1v) is 8.69. The summed E-state index contributed by atoms with van der Waals surface area (Å²) in [6.45, 7) is 0. The molecule has 0 fully saturated rings. The molecule has 0 aliphatic heterocycles. The lowest BCUT2D eigenvalue weighted by Crippen LogP contribution is -2.12. The van der Waals surface area contributed by atoms with Gasteiger partial charge in [0, 0.05) is 30.9 Å². The molecule has 6 heteroatoms. The first kappa shape index (κ1) is 18.6. The SMILES string of the molecule is COc1cc(CCC(=O)Nc2ccc3ccn(C)c3c2)cc(OC)c1OC. The highest BCUT2D eigenvalue weighted by atomic mass is 16.5. The number of carbonyl (C=O) groups is 1. The van der Waals surface area contributed by atoms with Gasteiger partial charge in [0.1, 0.15) is 0 Å². The van der Waals surface area contributed by atoms with Crippen molar-refractivity contribution in [1.82, 2.24) is 4.57 Å². The van der Waals surface area contributed by atoms with E-state index in [9.17, 15) is 4.79 Å². The van der Waals surface area contributed by atoms with Crippen LogP contribution in [0.1, 0.15) is 12.0 Å². The Kier molecular flexibility index (Phi) is 5.54. The van der Waals surface area contributed by atoms with Crippen LogP contribution < -0.4 is 19.5 Å². The molecule has 0 spiro atoms. The van der Waals surface area contributed by atoms with Gasteiger partial charge in [-0.05, 0) is 47.7 Å². The highest BCUT2D eigenvalue weighted by molar-refractivity contribution is 5.93. The molecule has 0 unspecified atom stereocenters. The third kappa shape index (κ3) is 4.00. The number of amides is 1. The average molecular weight is 368 g/mol. The van der Waals surface area contributed by atoms with E-state index in [2.05, 4.69) is 5.32 Å². The Bertz CT molecular complexity index is 937. The van der Waals surface area contributed by atoms with Crippen molar-refractivity contribution in [3.8, 4) is 17.2 Å². The van der Waals surface area contributed by atoms with Gasteiger partial charge < -0.3 is 24.1 Å². The van der Waals surface area contributed by atoms with Crippen molar-refractivity contribution < 1.29 is 19.0 Å². The standard InChI is InChI=1S/C21H24N2O4/c1-23-10-9-15-6-7-16(13-17(15)23)22-20(24)8-5-14-11-18(25-2)21(27-4)19(12-14)26-3/h6-7,9-13H,5,8H2,1-4H3,(H,22,24). The topological polar surface area (TPSA) is 61.7 Å². The third-order valence-corrected chi connectivity index (χ3v) is 4.54. The summed E-state index contributed by atoms with van der Waals surface area (Å²) >= 11 is 0. The molecule has 1 N–H and O–H groups in total. The molecule has 3 rings (SSSR count). The lowest BCUT2D eigenvalue weighted by molar-refractivity contribution is -0.116. The minimum Gasteiger partial charge on any atom is -0.493 e. The van der Waals surface area contributed by atoms with Gasteiger partial charge in [0.25, 0.3) is 0 Å². The summed E-state index contributed by atoms with van der Waals surface area (Å²) < 4.78 is 18.1. The minimum absolute atomic E-state index is 0.0442. The van der Waals surface area contributed by atoms with Crippen LogP contribution in [-0.4, -0.2) is 31.8 Å². The molecule has 0 saturated heterocycles. The number of nitrogens with one attached hydrogen (secondary N) is 1. The lowest BCUT2D eigenvalue weighted by Gasteiger charge is -2.14. The fourth-order valence-corrected chi connectivity index (χ4v) is 3.10. The largest absolute Gasteiger partial charge is 0.493 e. The van der Waals surface area contributed by atoms with E-state index in [0.717, 1.165) is 22.2 Å². The second kappa shape index (κ2) is 8.03. The molecule has 6 nitrogen and oxygen atoms in total. The van der Waals surface area contributed by atoms with Crippen LogP contribution in [0.15, 0.2) is 42.6 Å². The molecule has 0 bridgehead atoms. The maximum Gasteiger partial charge on any atom is 0.224 e. The molecule has 142 valence electrons. The fourth-order valence-electron chi connectivity index (χ4n) is 3.10. The highest BCUT2D eigenvalue weighted by Crippen LogP contribution is 2.38. The quantitative estimate of drug-likeness (QED) is 0.689. The Labute approximate surface area is 158 Å². The zero-order chi connectivity index (χ0) is 19.4. The van der Waals surface area contributed by atoms with Crippen LogP contribution in [0, 0.1) is 0 Å². The molecule has 0 aliphatic carbocycles. The zero-order valence-corrected chi connectivity index (χ0v) is 16.0. The number of hydrogen-bond donors (Lipinski definition) is 1. The first-order chi connectivity index (χ1) is 13.0. The number of hydrogen-bond acceptors (Lipinski definition) is 4. The van der Waals surface area contributed by atoms with Crippen LogP contribution in [0.25, 0.3) is 10.9 Å². The number of fused-ring (bicyclic) bond motifs is 1. The number of ether oxygens (including phenoxy) is 3. The number of carbonyl (C=O) groups excluding carboxylic acids is 1. The molecular formula is C21H24N2O4. The van der Waals surface area contributed by atoms with Crippen LogP contribution in [-0.2, 0) is 18.3 Å². The van der Waals surface area contributed by atoms with Crippen LogP contribution in [0.4, 0.5) is 5.69 Å². The number of rotatable bonds is 7. The summed E-state index contributed by atoms with van der Waals surface area (Å²) in [7, 11) is 6.70. The van der Waals surface area contributed by atoms with Gasteiger partial charge in [-0.2, -0.15) is 0 Å². The zero-order valence-electron chi connectivity index (χ0n) is 16.0. The van der Waals surface area contributed by atoms with Crippen molar-refractivity contribution >= 4 is 22.5 Å². The summed E-state index contributed by atoms with van der Waals surface area (Å²) in [5.74, 6) is 1.67. The Balaban J connectivity index is 1.68. The molecule has 0 atom stereocenters. The smallest absolute Gasteiger partial charge is 0.224 e. The Morgan fingerprint density at radius 1 is 1.00 bits per heavy atom. The molecule has 27 heavy (non-hydrogen) atoms. The fraction of sp³-hybridized carbons (Fsp3) is 0.286. The Morgan fingerprint density at radius 3 is 2.33 bits per heavy atom. The molecule has 2 aromatic carbocycles. The summed E-state index contributed by atoms with van der Waals surface area (Å²) in [6, 6.07) is 11.7. The van der Waals surface area contributed by atoms with E-state index >= 15 is 0 Å². The van der Waals surface area contributed by atoms with E-state index in [0.29, 0.717) is 30.1 Å². The van der Waals surface area contributed by atoms with Gasteiger partial charge in [-0.1, -0.05) is 6.07 Å². The summed E-state index contributed by atoms with van der Waals surface area (Å²) in [6.07, 6.45) is 2.92.